The summed E-state index contributed by atoms with van der Waals surface area (Å²) in [6, 6.07) is 21.9. The lowest BCUT2D eigenvalue weighted by molar-refractivity contribution is -0.126. The maximum Gasteiger partial charge on any atom is 0.218 e. The van der Waals surface area contributed by atoms with Crippen LogP contribution in [-0.2, 0) is 4.79 Å². The number of rotatable bonds is 7. The van der Waals surface area contributed by atoms with Crippen molar-refractivity contribution >= 4 is 5.91 Å². The number of hydrogen-bond acceptors (Lipinski definition) is 3. The first-order valence-electron chi connectivity index (χ1n) is 13.0. The fourth-order valence-electron chi connectivity index (χ4n) is 3.99. The van der Waals surface area contributed by atoms with Gasteiger partial charge in [-0.05, 0) is 44.0 Å². The van der Waals surface area contributed by atoms with E-state index in [0.29, 0.717) is 5.92 Å². The van der Waals surface area contributed by atoms with Crippen molar-refractivity contribution in [2.75, 3.05) is 46.8 Å². The first-order valence-corrected chi connectivity index (χ1v) is 13.0. The molecule has 192 valence electrons. The molecule has 1 heterocycles. The van der Waals surface area contributed by atoms with Crippen LogP contribution in [0.5, 0.6) is 0 Å². The van der Waals surface area contributed by atoms with Crippen LogP contribution in [0.2, 0.25) is 0 Å². The van der Waals surface area contributed by atoms with E-state index in [0.717, 1.165) is 32.7 Å². The summed E-state index contributed by atoms with van der Waals surface area (Å²) in [5.41, 5.74) is 4.20. The van der Waals surface area contributed by atoms with Crippen LogP contribution >= 0.6 is 0 Å². The summed E-state index contributed by atoms with van der Waals surface area (Å²) in [4.78, 5) is 16.7. The number of amides is 1. The Balaban J connectivity index is 0.000000670. The molecule has 0 N–H and O–H groups in total. The lowest BCUT2D eigenvalue weighted by Gasteiger charge is -2.37. The van der Waals surface area contributed by atoms with Crippen LogP contribution in [-0.4, -0.2) is 67.4 Å². The second kappa shape index (κ2) is 17.6. The Morgan fingerprint density at radius 1 is 0.886 bits per heavy atom. The first kappa shape index (κ1) is 30.2. The molecular formula is C31H47N3O. The van der Waals surface area contributed by atoms with Crippen LogP contribution in [0.25, 0.3) is 0 Å². The van der Waals surface area contributed by atoms with Crippen LogP contribution in [0.3, 0.4) is 0 Å². The van der Waals surface area contributed by atoms with Crippen molar-refractivity contribution < 1.29 is 4.79 Å². The zero-order valence-corrected chi connectivity index (χ0v) is 23.1. The van der Waals surface area contributed by atoms with E-state index in [1.54, 1.807) is 14.1 Å². The normalized spacial score (nSPS) is 14.2. The minimum absolute atomic E-state index is 0.0926. The van der Waals surface area contributed by atoms with Crippen LogP contribution in [0.4, 0.5) is 0 Å². The fraction of sp³-hybridized carbons (Fsp3) is 0.452. The van der Waals surface area contributed by atoms with E-state index >= 15 is 0 Å². The Kier molecular flexibility index (Phi) is 15.1. The maximum atomic E-state index is 10.1. The third-order valence-electron chi connectivity index (χ3n) is 6.14. The van der Waals surface area contributed by atoms with Crippen LogP contribution in [0, 0.1) is 0 Å². The summed E-state index contributed by atoms with van der Waals surface area (Å²) in [5, 5.41) is 0. The molecule has 1 saturated heterocycles. The van der Waals surface area contributed by atoms with Gasteiger partial charge in [0, 0.05) is 58.8 Å². The summed E-state index contributed by atoms with van der Waals surface area (Å²) in [7, 11) is 3.45. The summed E-state index contributed by atoms with van der Waals surface area (Å²) >= 11 is 0. The first-order chi connectivity index (χ1) is 17.0. The van der Waals surface area contributed by atoms with Crippen molar-refractivity contribution in [2.24, 2.45) is 0 Å². The number of carbonyl (C=O) groups excluding carboxylic acids is 1. The van der Waals surface area contributed by atoms with Crippen molar-refractivity contribution in [3.05, 3.63) is 95.7 Å². The van der Waals surface area contributed by atoms with Gasteiger partial charge >= 0.3 is 0 Å². The largest absolute Gasteiger partial charge is 0.369 e. The van der Waals surface area contributed by atoms with E-state index in [1.807, 2.05) is 13.8 Å². The lowest BCUT2D eigenvalue weighted by atomic mass is 9.88. The quantitative estimate of drug-likeness (QED) is 0.430. The Morgan fingerprint density at radius 2 is 1.34 bits per heavy atom. The van der Waals surface area contributed by atoms with Gasteiger partial charge in [0.1, 0.15) is 0 Å². The highest BCUT2D eigenvalue weighted by Gasteiger charge is 2.20. The van der Waals surface area contributed by atoms with Crippen LogP contribution in [0.1, 0.15) is 58.1 Å². The van der Waals surface area contributed by atoms with Gasteiger partial charge in [-0.2, -0.15) is 0 Å². The Morgan fingerprint density at radius 3 is 1.71 bits per heavy atom. The molecule has 2 aromatic rings. The predicted octanol–water partition coefficient (Wildman–Crippen LogP) is 6.43. The lowest BCUT2D eigenvalue weighted by Crippen LogP contribution is -2.46. The van der Waals surface area contributed by atoms with Gasteiger partial charge in [-0.1, -0.05) is 86.7 Å². The molecule has 1 aliphatic rings. The zero-order chi connectivity index (χ0) is 26.1. The zero-order valence-electron chi connectivity index (χ0n) is 23.1. The molecule has 0 unspecified atom stereocenters. The van der Waals surface area contributed by atoms with Gasteiger partial charge in [0.25, 0.3) is 0 Å². The van der Waals surface area contributed by atoms with Crippen LogP contribution < -0.4 is 0 Å². The predicted molar refractivity (Wildman–Crippen MR) is 152 cm³/mol. The summed E-state index contributed by atoms with van der Waals surface area (Å²) in [5.74, 6) is 0.564. The molecule has 0 spiro atoms. The minimum Gasteiger partial charge on any atom is -0.369 e. The van der Waals surface area contributed by atoms with E-state index in [1.165, 1.54) is 35.1 Å². The standard InChI is InChI=1S/C25H32N2.C4H9NO.C2H6/c1-3-11-24(4-2)27-20-18-26(19-21-27)17-16-25(22-12-7-5-8-13-22)23-14-9-6-10-15-23;1-4(6)5(2)3;1-2/h3-15,25H,16-21H2,1-2H3;1-3H3;1-2H3/b11-3-,24-4+;;. The minimum atomic E-state index is 0.0926. The van der Waals surface area contributed by atoms with Crippen molar-refractivity contribution in [1.29, 1.82) is 0 Å². The molecule has 0 aliphatic carbocycles. The van der Waals surface area contributed by atoms with Crippen LogP contribution in [0.15, 0.2) is 84.6 Å². The Hall–Kier alpha value is -2.85. The molecule has 0 aromatic heterocycles. The highest BCUT2D eigenvalue weighted by Crippen LogP contribution is 2.28. The van der Waals surface area contributed by atoms with E-state index in [4.69, 9.17) is 0 Å². The maximum absolute atomic E-state index is 10.1. The van der Waals surface area contributed by atoms with Crippen molar-refractivity contribution in [1.82, 2.24) is 14.7 Å². The molecule has 35 heavy (non-hydrogen) atoms. The molecule has 0 bridgehead atoms. The molecular weight excluding hydrogens is 430 g/mol. The molecule has 4 nitrogen and oxygen atoms in total. The molecule has 4 heteroatoms. The second-order valence-electron chi connectivity index (χ2n) is 8.62. The molecule has 0 atom stereocenters. The van der Waals surface area contributed by atoms with Gasteiger partial charge in [-0.25, -0.2) is 0 Å². The fourth-order valence-corrected chi connectivity index (χ4v) is 3.99. The third kappa shape index (κ3) is 11.0. The number of benzene rings is 2. The molecule has 3 rings (SSSR count). The van der Waals surface area contributed by atoms with Gasteiger partial charge in [-0.3, -0.25) is 9.69 Å². The summed E-state index contributed by atoms with van der Waals surface area (Å²) in [6.45, 7) is 15.4. The monoisotopic (exact) mass is 477 g/mol. The van der Waals surface area contributed by atoms with Crippen molar-refractivity contribution in [3.8, 4) is 0 Å². The van der Waals surface area contributed by atoms with Gasteiger partial charge in [0.2, 0.25) is 5.91 Å². The Bertz CT molecular complexity index is 827. The van der Waals surface area contributed by atoms with Crippen molar-refractivity contribution in [2.45, 2.75) is 47.0 Å². The van der Waals surface area contributed by atoms with E-state index in [2.05, 4.69) is 103 Å². The number of hydrogen-bond donors (Lipinski definition) is 0. The molecule has 1 fully saturated rings. The van der Waals surface area contributed by atoms with Gasteiger partial charge in [0.15, 0.2) is 0 Å². The van der Waals surface area contributed by atoms with Crippen molar-refractivity contribution in [3.63, 3.8) is 0 Å². The summed E-state index contributed by atoms with van der Waals surface area (Å²) in [6.07, 6.45) is 7.73. The number of nitrogens with zero attached hydrogens (tertiary/aromatic N) is 3. The van der Waals surface area contributed by atoms with Gasteiger partial charge in [-0.15, -0.1) is 0 Å². The summed E-state index contributed by atoms with van der Waals surface area (Å²) < 4.78 is 0. The number of allylic oxidation sites excluding steroid dienone is 3. The van der Waals surface area contributed by atoms with E-state index < -0.39 is 0 Å². The average Bonchev–Trinajstić information content (AvgIpc) is 2.90. The van der Waals surface area contributed by atoms with E-state index in [9.17, 15) is 4.79 Å². The number of carbonyl (C=O) groups is 1. The second-order valence-corrected chi connectivity index (χ2v) is 8.62. The molecule has 1 amide bonds. The highest BCUT2D eigenvalue weighted by molar-refractivity contribution is 5.72. The average molecular weight is 478 g/mol. The molecule has 2 aromatic carbocycles. The van der Waals surface area contributed by atoms with Gasteiger partial charge in [0.05, 0.1) is 0 Å². The Labute approximate surface area is 214 Å². The third-order valence-corrected chi connectivity index (χ3v) is 6.14. The molecule has 1 aliphatic heterocycles. The highest BCUT2D eigenvalue weighted by atomic mass is 16.2. The molecule has 0 saturated carbocycles. The van der Waals surface area contributed by atoms with Gasteiger partial charge < -0.3 is 9.80 Å². The SMILES string of the molecule is C/C=C\C(=C/C)N1CCN(CCC(c2ccccc2)c2ccccc2)CC1.CC.CC(=O)N(C)C. The number of piperazine rings is 1. The topological polar surface area (TPSA) is 26.8 Å². The smallest absolute Gasteiger partial charge is 0.218 e. The van der Waals surface area contributed by atoms with E-state index in [-0.39, 0.29) is 5.91 Å². The molecule has 0 radical (unpaired) electrons.